The van der Waals surface area contributed by atoms with Gasteiger partial charge in [-0.3, -0.25) is 14.9 Å². The molecule has 1 aliphatic rings. The third kappa shape index (κ3) is 2.73. The molecule has 6 heteroatoms. The van der Waals surface area contributed by atoms with Crippen molar-refractivity contribution in [3.05, 3.63) is 33.9 Å². The Hall–Kier alpha value is -1.95. The van der Waals surface area contributed by atoms with Crippen LogP contribution in [0.25, 0.3) is 0 Å². The highest BCUT2D eigenvalue weighted by Gasteiger charge is 2.26. The van der Waals surface area contributed by atoms with Crippen molar-refractivity contribution < 1.29 is 14.5 Å². The Labute approximate surface area is 111 Å². The summed E-state index contributed by atoms with van der Waals surface area (Å²) < 4.78 is 5.30. The van der Waals surface area contributed by atoms with E-state index in [2.05, 4.69) is 0 Å². The molecule has 6 nitrogen and oxygen atoms in total. The van der Waals surface area contributed by atoms with Gasteiger partial charge in [-0.15, -0.1) is 0 Å². The van der Waals surface area contributed by atoms with Crippen molar-refractivity contribution in [2.75, 3.05) is 25.2 Å². The second-order valence-electron chi connectivity index (χ2n) is 4.65. The number of carbonyl (C=O) groups excluding carboxylic acids is 1. The monoisotopic (exact) mass is 264 g/mol. The highest BCUT2D eigenvalue weighted by atomic mass is 16.6. The minimum absolute atomic E-state index is 0.0397. The highest BCUT2D eigenvalue weighted by molar-refractivity contribution is 5.95. The summed E-state index contributed by atoms with van der Waals surface area (Å²) >= 11 is 0. The number of nitro groups is 1. The molecule has 1 saturated heterocycles. The van der Waals surface area contributed by atoms with E-state index in [9.17, 15) is 14.9 Å². The molecule has 0 aliphatic carbocycles. The number of ether oxygens (including phenoxy) is 1. The number of benzene rings is 1. The van der Waals surface area contributed by atoms with Gasteiger partial charge in [0.2, 0.25) is 0 Å². The highest BCUT2D eigenvalue weighted by Crippen LogP contribution is 2.31. The predicted octanol–water partition coefficient (Wildman–Crippen LogP) is 2.02. The van der Waals surface area contributed by atoms with Gasteiger partial charge >= 0.3 is 0 Å². The van der Waals surface area contributed by atoms with Crippen molar-refractivity contribution in [2.24, 2.45) is 0 Å². The Balaban J connectivity index is 2.38. The lowest BCUT2D eigenvalue weighted by molar-refractivity contribution is -0.384. The second-order valence-corrected chi connectivity index (χ2v) is 4.65. The molecule has 1 atom stereocenters. The van der Waals surface area contributed by atoms with Crippen LogP contribution in [-0.2, 0) is 4.74 Å². The predicted molar refractivity (Wildman–Crippen MR) is 70.7 cm³/mol. The summed E-state index contributed by atoms with van der Waals surface area (Å²) in [5, 5.41) is 11.2. The van der Waals surface area contributed by atoms with Gasteiger partial charge in [-0.05, 0) is 25.5 Å². The molecular weight excluding hydrogens is 248 g/mol. The third-order valence-corrected chi connectivity index (χ3v) is 3.41. The first kappa shape index (κ1) is 13.5. The van der Waals surface area contributed by atoms with E-state index in [1.165, 1.54) is 13.0 Å². The van der Waals surface area contributed by atoms with Crippen molar-refractivity contribution >= 4 is 17.2 Å². The van der Waals surface area contributed by atoms with Gasteiger partial charge in [-0.25, -0.2) is 0 Å². The number of hydrogen-bond donors (Lipinski definition) is 0. The number of ketones is 1. The lowest BCUT2D eigenvalue weighted by Crippen LogP contribution is -2.32. The number of Topliss-reactive ketones (excluding diaryl/α,β-unsaturated/α-hetero) is 1. The molecule has 1 aromatic carbocycles. The van der Waals surface area contributed by atoms with Gasteiger partial charge in [0.25, 0.3) is 5.69 Å². The fourth-order valence-electron chi connectivity index (χ4n) is 2.21. The molecule has 0 bridgehead atoms. The average Bonchev–Trinajstić information content (AvgIpc) is 2.90. The average molecular weight is 264 g/mol. The Bertz CT molecular complexity index is 509. The SMILES string of the molecule is CC(=O)c1ccc(N(C)C2CCOC2)c([N+](=O)[O-])c1. The van der Waals surface area contributed by atoms with Gasteiger partial charge in [-0.1, -0.05) is 0 Å². The Morgan fingerprint density at radius 3 is 2.79 bits per heavy atom. The topological polar surface area (TPSA) is 72.7 Å². The van der Waals surface area contributed by atoms with Crippen LogP contribution in [0.2, 0.25) is 0 Å². The molecule has 19 heavy (non-hydrogen) atoms. The number of hydrogen-bond acceptors (Lipinski definition) is 5. The van der Waals surface area contributed by atoms with Gasteiger partial charge in [0, 0.05) is 25.3 Å². The fraction of sp³-hybridized carbons (Fsp3) is 0.462. The number of nitrogens with zero attached hydrogens (tertiary/aromatic N) is 2. The first-order valence-electron chi connectivity index (χ1n) is 6.10. The molecule has 1 unspecified atom stereocenters. The first-order valence-corrected chi connectivity index (χ1v) is 6.10. The van der Waals surface area contributed by atoms with Crippen LogP contribution in [0.3, 0.4) is 0 Å². The number of likely N-dealkylation sites (N-methyl/N-ethyl adjacent to an activating group) is 1. The summed E-state index contributed by atoms with van der Waals surface area (Å²) in [5.41, 5.74) is 0.833. The number of rotatable bonds is 4. The van der Waals surface area contributed by atoms with E-state index in [1.807, 2.05) is 11.9 Å². The quantitative estimate of drug-likeness (QED) is 0.472. The Morgan fingerprint density at radius 2 is 2.26 bits per heavy atom. The maximum absolute atomic E-state index is 11.3. The second kappa shape index (κ2) is 5.36. The zero-order valence-corrected chi connectivity index (χ0v) is 11.0. The molecular formula is C13H16N2O4. The molecule has 0 radical (unpaired) electrons. The standard InChI is InChI=1S/C13H16N2O4/c1-9(16)10-3-4-12(13(7-10)15(17)18)14(2)11-5-6-19-8-11/h3-4,7,11H,5-6,8H2,1-2H3. The summed E-state index contributed by atoms with van der Waals surface area (Å²) in [6, 6.07) is 4.73. The van der Waals surface area contributed by atoms with Gasteiger partial charge in [-0.2, -0.15) is 0 Å². The van der Waals surface area contributed by atoms with Crippen molar-refractivity contribution in [3.8, 4) is 0 Å². The number of nitro benzene ring substituents is 1. The van der Waals surface area contributed by atoms with E-state index in [0.717, 1.165) is 6.42 Å². The van der Waals surface area contributed by atoms with Crippen molar-refractivity contribution in [3.63, 3.8) is 0 Å². The molecule has 0 amide bonds. The van der Waals surface area contributed by atoms with Gasteiger partial charge < -0.3 is 9.64 Å². The van der Waals surface area contributed by atoms with Crippen LogP contribution >= 0.6 is 0 Å². The number of carbonyl (C=O) groups is 1. The molecule has 1 aliphatic heterocycles. The van der Waals surface area contributed by atoms with Gasteiger partial charge in [0.05, 0.1) is 17.6 Å². The molecule has 102 valence electrons. The van der Waals surface area contributed by atoms with Crippen molar-refractivity contribution in [2.45, 2.75) is 19.4 Å². The van der Waals surface area contributed by atoms with E-state index < -0.39 is 4.92 Å². The largest absolute Gasteiger partial charge is 0.379 e. The van der Waals surface area contributed by atoms with E-state index in [0.29, 0.717) is 24.5 Å². The van der Waals surface area contributed by atoms with E-state index in [1.54, 1.807) is 12.1 Å². The molecule has 0 N–H and O–H groups in total. The van der Waals surface area contributed by atoms with E-state index in [4.69, 9.17) is 4.74 Å². The summed E-state index contributed by atoms with van der Waals surface area (Å²) in [5.74, 6) is -0.179. The first-order chi connectivity index (χ1) is 9.00. The van der Waals surface area contributed by atoms with Crippen molar-refractivity contribution in [1.29, 1.82) is 0 Å². The normalized spacial score (nSPS) is 18.3. The minimum atomic E-state index is -0.450. The van der Waals surface area contributed by atoms with Crippen molar-refractivity contribution in [1.82, 2.24) is 0 Å². The van der Waals surface area contributed by atoms with Crippen LogP contribution in [0.5, 0.6) is 0 Å². The Kier molecular flexibility index (Phi) is 3.80. The fourth-order valence-corrected chi connectivity index (χ4v) is 2.21. The lowest BCUT2D eigenvalue weighted by Gasteiger charge is -2.25. The smallest absolute Gasteiger partial charge is 0.293 e. The summed E-state index contributed by atoms with van der Waals surface area (Å²) in [6.45, 7) is 2.64. The van der Waals surface area contributed by atoms with Gasteiger partial charge in [0.15, 0.2) is 5.78 Å². The zero-order valence-electron chi connectivity index (χ0n) is 11.0. The lowest BCUT2D eigenvalue weighted by atomic mass is 10.1. The molecule has 2 rings (SSSR count). The maximum atomic E-state index is 11.3. The number of anilines is 1. The summed E-state index contributed by atoms with van der Waals surface area (Å²) in [6.07, 6.45) is 0.849. The summed E-state index contributed by atoms with van der Waals surface area (Å²) in [7, 11) is 1.81. The maximum Gasteiger partial charge on any atom is 0.293 e. The molecule has 1 fully saturated rings. The molecule has 0 spiro atoms. The van der Waals surface area contributed by atoms with Crippen LogP contribution in [0.1, 0.15) is 23.7 Å². The van der Waals surface area contributed by atoms with Crippen LogP contribution in [0.4, 0.5) is 11.4 Å². The molecule has 1 heterocycles. The third-order valence-electron chi connectivity index (χ3n) is 3.41. The summed E-state index contributed by atoms with van der Waals surface area (Å²) in [4.78, 5) is 23.9. The van der Waals surface area contributed by atoms with Crippen LogP contribution < -0.4 is 4.90 Å². The van der Waals surface area contributed by atoms with Gasteiger partial charge in [0.1, 0.15) is 5.69 Å². The van der Waals surface area contributed by atoms with Crippen LogP contribution in [-0.4, -0.2) is 37.0 Å². The Morgan fingerprint density at radius 1 is 1.53 bits per heavy atom. The van der Waals surface area contributed by atoms with Crippen LogP contribution in [0.15, 0.2) is 18.2 Å². The molecule has 0 saturated carbocycles. The van der Waals surface area contributed by atoms with E-state index in [-0.39, 0.29) is 17.5 Å². The van der Waals surface area contributed by atoms with E-state index >= 15 is 0 Å². The molecule has 0 aromatic heterocycles. The molecule has 1 aromatic rings. The zero-order chi connectivity index (χ0) is 14.0. The minimum Gasteiger partial charge on any atom is -0.379 e. The van der Waals surface area contributed by atoms with Crippen LogP contribution in [0, 0.1) is 10.1 Å².